The number of nitrogens with zero attached hydrogens (tertiary/aromatic N) is 3. The molecule has 30 heavy (non-hydrogen) atoms. The van der Waals surface area contributed by atoms with E-state index in [1.54, 1.807) is 0 Å². The Morgan fingerprint density at radius 2 is 2.13 bits per heavy atom. The van der Waals surface area contributed by atoms with Crippen molar-refractivity contribution in [2.75, 3.05) is 32.6 Å². The third-order valence-electron chi connectivity index (χ3n) is 3.95. The van der Waals surface area contributed by atoms with Crippen molar-refractivity contribution in [2.45, 2.75) is 11.5 Å². The minimum atomic E-state index is -3.75. The molecule has 0 saturated carbocycles. The molecule has 0 aliphatic carbocycles. The van der Waals surface area contributed by atoms with Crippen LogP contribution in [0.4, 0.5) is 5.69 Å². The fourth-order valence-corrected chi connectivity index (χ4v) is 4.00. The lowest BCUT2D eigenvalue weighted by atomic mass is 10.2. The van der Waals surface area contributed by atoms with Gasteiger partial charge in [0.25, 0.3) is 5.89 Å². The molecular weight excluding hydrogens is 432 g/mol. The molecule has 3 rings (SSSR count). The van der Waals surface area contributed by atoms with Crippen molar-refractivity contribution in [1.29, 1.82) is 0 Å². The van der Waals surface area contributed by atoms with Crippen molar-refractivity contribution in [2.24, 2.45) is 0 Å². The lowest BCUT2D eigenvalue weighted by Crippen LogP contribution is -2.23. The van der Waals surface area contributed by atoms with Gasteiger partial charge >= 0.3 is 5.97 Å². The Morgan fingerprint density at radius 1 is 1.33 bits per heavy atom. The number of nitrogens with one attached hydrogen (secondary N) is 1. The van der Waals surface area contributed by atoms with E-state index in [4.69, 9.17) is 14.4 Å². The first-order valence-corrected chi connectivity index (χ1v) is 11.1. The van der Waals surface area contributed by atoms with Crippen molar-refractivity contribution < 1.29 is 27.6 Å². The van der Waals surface area contributed by atoms with E-state index in [9.17, 15) is 13.2 Å². The number of thiophene rings is 1. The highest BCUT2D eigenvalue weighted by Gasteiger charge is 2.22. The first-order chi connectivity index (χ1) is 14.3. The van der Waals surface area contributed by atoms with Crippen LogP contribution >= 0.6 is 11.3 Å². The molecule has 0 radical (unpaired) electrons. The third-order valence-corrected chi connectivity index (χ3v) is 6.62. The van der Waals surface area contributed by atoms with E-state index in [1.807, 2.05) is 17.5 Å². The molecule has 0 aliphatic heterocycles. The molecule has 160 valence electrons. The zero-order valence-corrected chi connectivity index (χ0v) is 17.9. The third kappa shape index (κ3) is 4.84. The number of hydrogen-bond acceptors (Lipinski definition) is 10. The Kier molecular flexibility index (Phi) is 6.82. The van der Waals surface area contributed by atoms with Gasteiger partial charge in [-0.1, -0.05) is 11.2 Å². The molecule has 1 aromatic carbocycles. The van der Waals surface area contributed by atoms with Crippen LogP contribution in [0.25, 0.3) is 10.8 Å². The van der Waals surface area contributed by atoms with Gasteiger partial charge in [0.05, 0.1) is 21.9 Å². The molecule has 2 N–H and O–H groups in total. The topological polar surface area (TPSA) is 135 Å². The fourth-order valence-electron chi connectivity index (χ4n) is 2.43. The summed E-state index contributed by atoms with van der Waals surface area (Å²) in [4.78, 5) is 17.6. The van der Waals surface area contributed by atoms with Gasteiger partial charge in [-0.05, 0) is 29.6 Å². The number of esters is 1. The average molecular weight is 453 g/mol. The number of aromatic nitrogens is 2. The summed E-state index contributed by atoms with van der Waals surface area (Å²) in [5.74, 6) is -0.275. The molecule has 2 aromatic heterocycles. The lowest BCUT2D eigenvalue weighted by Gasteiger charge is -2.15. The first kappa shape index (κ1) is 21.9. The molecule has 10 nitrogen and oxygen atoms in total. The number of ether oxygens (including phenoxy) is 1. The Bertz CT molecular complexity index is 1110. The Hall–Kier alpha value is -2.80. The maximum atomic E-state index is 12.7. The van der Waals surface area contributed by atoms with Crippen molar-refractivity contribution in [3.63, 3.8) is 0 Å². The monoisotopic (exact) mass is 452 g/mol. The molecule has 3 aromatic rings. The second-order valence-corrected chi connectivity index (χ2v) is 9.31. The highest BCUT2D eigenvalue weighted by molar-refractivity contribution is 7.89. The van der Waals surface area contributed by atoms with Crippen molar-refractivity contribution >= 4 is 33.0 Å². The van der Waals surface area contributed by atoms with Crippen LogP contribution in [0.5, 0.6) is 0 Å². The van der Waals surface area contributed by atoms with Crippen molar-refractivity contribution in [1.82, 2.24) is 14.4 Å². The van der Waals surface area contributed by atoms with Gasteiger partial charge in [-0.3, -0.25) is 0 Å². The van der Waals surface area contributed by atoms with Crippen LogP contribution in [-0.4, -0.2) is 61.2 Å². The number of aliphatic hydroxyl groups excluding tert-OH is 1. The number of sulfonamides is 1. The SMILES string of the molecule is CN(C)S(=O)(=O)c1ccc(NCCO)c(C(=O)OCc2noc(-c3cccs3)n2)c1. The second kappa shape index (κ2) is 9.34. The van der Waals surface area contributed by atoms with E-state index in [0.717, 1.165) is 9.18 Å². The number of aliphatic hydroxyl groups is 1. The highest BCUT2D eigenvalue weighted by atomic mass is 32.2. The smallest absolute Gasteiger partial charge is 0.340 e. The Morgan fingerprint density at radius 3 is 2.80 bits per heavy atom. The number of carbonyl (C=O) groups excluding carboxylic acids is 1. The van der Waals surface area contributed by atoms with E-state index in [-0.39, 0.29) is 36.0 Å². The van der Waals surface area contributed by atoms with E-state index in [0.29, 0.717) is 11.6 Å². The maximum Gasteiger partial charge on any atom is 0.340 e. The number of carbonyl (C=O) groups is 1. The summed E-state index contributed by atoms with van der Waals surface area (Å²) in [6.07, 6.45) is 0. The summed E-state index contributed by atoms with van der Waals surface area (Å²) in [6.45, 7) is -0.243. The van der Waals surface area contributed by atoms with Crippen LogP contribution in [0.15, 0.2) is 45.1 Å². The molecule has 0 saturated heterocycles. The van der Waals surface area contributed by atoms with E-state index < -0.39 is 16.0 Å². The van der Waals surface area contributed by atoms with Crippen LogP contribution in [0, 0.1) is 0 Å². The van der Waals surface area contributed by atoms with Gasteiger partial charge < -0.3 is 19.7 Å². The Balaban J connectivity index is 1.80. The predicted molar refractivity (Wildman–Crippen MR) is 110 cm³/mol. The van der Waals surface area contributed by atoms with Crippen LogP contribution < -0.4 is 5.32 Å². The zero-order valence-electron chi connectivity index (χ0n) is 16.2. The van der Waals surface area contributed by atoms with Crippen molar-refractivity contribution in [3.05, 3.63) is 47.1 Å². The number of anilines is 1. The van der Waals surface area contributed by atoms with Crippen LogP contribution in [0.1, 0.15) is 16.2 Å². The van der Waals surface area contributed by atoms with Gasteiger partial charge in [0.15, 0.2) is 6.61 Å². The van der Waals surface area contributed by atoms with Crippen LogP contribution in [0.2, 0.25) is 0 Å². The minimum absolute atomic E-state index is 0.00773. The normalized spacial score (nSPS) is 11.6. The van der Waals surface area contributed by atoms with Gasteiger partial charge in [-0.25, -0.2) is 17.5 Å². The molecule has 0 atom stereocenters. The molecule has 0 aliphatic rings. The molecule has 0 bridgehead atoms. The fraction of sp³-hybridized carbons (Fsp3) is 0.278. The minimum Gasteiger partial charge on any atom is -0.454 e. The zero-order chi connectivity index (χ0) is 21.7. The summed E-state index contributed by atoms with van der Waals surface area (Å²) in [5.41, 5.74) is 0.340. The maximum absolute atomic E-state index is 12.7. The molecule has 0 fully saturated rings. The summed E-state index contributed by atoms with van der Waals surface area (Å²) in [5, 5.41) is 17.6. The molecule has 0 amide bonds. The molecular formula is C18H20N4O6S2. The van der Waals surface area contributed by atoms with E-state index in [2.05, 4.69) is 15.5 Å². The van der Waals surface area contributed by atoms with Gasteiger partial charge in [-0.15, -0.1) is 11.3 Å². The highest BCUT2D eigenvalue weighted by Crippen LogP contribution is 2.24. The lowest BCUT2D eigenvalue weighted by molar-refractivity contribution is 0.0460. The predicted octanol–water partition coefficient (Wildman–Crippen LogP) is 1.81. The van der Waals surface area contributed by atoms with Gasteiger partial charge in [-0.2, -0.15) is 4.98 Å². The average Bonchev–Trinajstić information content (AvgIpc) is 3.41. The van der Waals surface area contributed by atoms with Gasteiger partial charge in [0.1, 0.15) is 0 Å². The standard InChI is InChI=1S/C18H20N4O6S2/c1-22(2)30(25,26)12-5-6-14(19-7-8-23)13(10-12)18(24)27-11-16-20-17(28-21-16)15-4-3-9-29-15/h3-6,9-10,19,23H,7-8,11H2,1-2H3. The number of hydrogen-bond donors (Lipinski definition) is 2. The van der Waals surface area contributed by atoms with Crippen molar-refractivity contribution in [3.8, 4) is 10.8 Å². The van der Waals surface area contributed by atoms with E-state index in [1.165, 1.54) is 43.6 Å². The molecule has 0 spiro atoms. The van der Waals surface area contributed by atoms with Crippen LogP contribution in [-0.2, 0) is 21.4 Å². The van der Waals surface area contributed by atoms with Gasteiger partial charge in [0.2, 0.25) is 15.8 Å². The molecule has 2 heterocycles. The summed E-state index contributed by atoms with van der Waals surface area (Å²) in [6, 6.07) is 7.72. The largest absolute Gasteiger partial charge is 0.454 e. The molecule has 0 unspecified atom stereocenters. The second-order valence-electron chi connectivity index (χ2n) is 6.21. The number of benzene rings is 1. The first-order valence-electron chi connectivity index (χ1n) is 8.78. The van der Waals surface area contributed by atoms with E-state index >= 15 is 0 Å². The Labute approximate surface area is 177 Å². The molecule has 12 heteroatoms. The summed E-state index contributed by atoms with van der Waals surface area (Å²) in [7, 11) is -0.958. The van der Waals surface area contributed by atoms with Gasteiger partial charge in [0, 0.05) is 26.3 Å². The van der Waals surface area contributed by atoms with Crippen LogP contribution in [0.3, 0.4) is 0 Å². The number of rotatable bonds is 9. The summed E-state index contributed by atoms with van der Waals surface area (Å²) >= 11 is 1.43. The summed E-state index contributed by atoms with van der Waals surface area (Å²) < 4.78 is 36.3. The quantitative estimate of drug-likeness (QED) is 0.466.